The highest BCUT2D eigenvalue weighted by Gasteiger charge is 2.08. The van der Waals surface area contributed by atoms with Crippen LogP contribution in [0.15, 0.2) is 49.0 Å². The zero-order valence-electron chi connectivity index (χ0n) is 12.7. The smallest absolute Gasteiger partial charge is 0.0719 e. The van der Waals surface area contributed by atoms with E-state index in [1.165, 1.54) is 0 Å². The Morgan fingerprint density at radius 1 is 1.23 bits per heavy atom. The van der Waals surface area contributed by atoms with Crippen molar-refractivity contribution in [2.75, 3.05) is 20.2 Å². The van der Waals surface area contributed by atoms with Crippen molar-refractivity contribution < 1.29 is 4.74 Å². The third-order valence-electron chi connectivity index (χ3n) is 3.39. The number of halogens is 1. The quantitative estimate of drug-likeness (QED) is 0.819. The van der Waals surface area contributed by atoms with E-state index in [0.717, 1.165) is 33.0 Å². The molecule has 0 aromatic heterocycles. The van der Waals surface area contributed by atoms with E-state index in [-0.39, 0.29) is 0 Å². The maximum atomic E-state index is 5.96. The summed E-state index contributed by atoms with van der Waals surface area (Å²) in [6, 6.07) is 14.0. The molecule has 3 nitrogen and oxygen atoms in total. The molecule has 0 atom stereocenters. The van der Waals surface area contributed by atoms with Crippen molar-refractivity contribution in [3.8, 4) is 11.1 Å². The molecule has 0 unspecified atom stereocenters. The molecular formula is C18H21ClN2O. The average molecular weight is 317 g/mol. The molecule has 2 rings (SSSR count). The largest absolute Gasteiger partial charge is 0.384 e. The van der Waals surface area contributed by atoms with E-state index in [1.807, 2.05) is 24.3 Å². The summed E-state index contributed by atoms with van der Waals surface area (Å²) in [5.74, 6) is 0. The maximum absolute atomic E-state index is 5.96. The van der Waals surface area contributed by atoms with Crippen molar-refractivity contribution in [2.24, 2.45) is 5.73 Å². The van der Waals surface area contributed by atoms with E-state index in [0.29, 0.717) is 19.7 Å². The van der Waals surface area contributed by atoms with Gasteiger partial charge in [0.05, 0.1) is 6.61 Å². The van der Waals surface area contributed by atoms with E-state index in [1.54, 1.807) is 7.11 Å². The van der Waals surface area contributed by atoms with E-state index >= 15 is 0 Å². The SMILES string of the molecule is C=C(NCCN)c1ccc(-c2ccc(Cl)cc2)c(COC)c1. The molecule has 2 aromatic carbocycles. The molecule has 2 aromatic rings. The van der Waals surface area contributed by atoms with E-state index in [4.69, 9.17) is 22.1 Å². The van der Waals surface area contributed by atoms with Crippen LogP contribution in [0.5, 0.6) is 0 Å². The van der Waals surface area contributed by atoms with Gasteiger partial charge in [0.2, 0.25) is 0 Å². The maximum Gasteiger partial charge on any atom is 0.0719 e. The van der Waals surface area contributed by atoms with Gasteiger partial charge < -0.3 is 15.8 Å². The first kappa shape index (κ1) is 16.6. The molecule has 4 heteroatoms. The molecule has 0 saturated carbocycles. The highest BCUT2D eigenvalue weighted by Crippen LogP contribution is 2.28. The lowest BCUT2D eigenvalue weighted by Gasteiger charge is -2.14. The Kier molecular flexibility index (Phi) is 6.01. The third-order valence-corrected chi connectivity index (χ3v) is 3.64. The molecule has 0 aliphatic heterocycles. The highest BCUT2D eigenvalue weighted by molar-refractivity contribution is 6.30. The summed E-state index contributed by atoms with van der Waals surface area (Å²) in [6.07, 6.45) is 0. The minimum absolute atomic E-state index is 0.538. The summed E-state index contributed by atoms with van der Waals surface area (Å²) in [7, 11) is 1.69. The molecule has 0 fully saturated rings. The Labute approximate surface area is 136 Å². The Morgan fingerprint density at radius 3 is 2.59 bits per heavy atom. The summed E-state index contributed by atoms with van der Waals surface area (Å²) < 4.78 is 5.33. The summed E-state index contributed by atoms with van der Waals surface area (Å²) in [4.78, 5) is 0. The number of methoxy groups -OCH3 is 1. The molecule has 0 spiro atoms. The van der Waals surface area contributed by atoms with Crippen molar-refractivity contribution in [2.45, 2.75) is 6.61 Å². The van der Waals surface area contributed by atoms with Gasteiger partial charge in [-0.15, -0.1) is 0 Å². The standard InChI is InChI=1S/C18H21ClN2O/c1-13(21-10-9-20)15-5-8-18(16(11-15)12-22-2)14-3-6-17(19)7-4-14/h3-8,11,21H,1,9-10,12,20H2,2H3. The Hall–Kier alpha value is -1.81. The Bertz CT molecular complexity index is 638. The van der Waals surface area contributed by atoms with Gasteiger partial charge in [-0.3, -0.25) is 0 Å². The number of ether oxygens (including phenoxy) is 1. The van der Waals surface area contributed by atoms with Gasteiger partial charge in [0.25, 0.3) is 0 Å². The molecule has 0 bridgehead atoms. The first-order valence-corrected chi connectivity index (χ1v) is 7.54. The summed E-state index contributed by atoms with van der Waals surface area (Å²) >= 11 is 5.96. The summed E-state index contributed by atoms with van der Waals surface area (Å²) in [6.45, 7) is 5.87. The zero-order chi connectivity index (χ0) is 15.9. The highest BCUT2D eigenvalue weighted by atomic mass is 35.5. The molecule has 0 aliphatic carbocycles. The average Bonchev–Trinajstić information content (AvgIpc) is 2.54. The van der Waals surface area contributed by atoms with Crippen molar-refractivity contribution in [3.63, 3.8) is 0 Å². The Balaban J connectivity index is 2.34. The number of hydrogen-bond acceptors (Lipinski definition) is 3. The molecule has 0 aliphatic rings. The van der Waals surface area contributed by atoms with Crippen LogP contribution in [-0.2, 0) is 11.3 Å². The number of rotatable bonds is 7. The van der Waals surface area contributed by atoms with Crippen molar-refractivity contribution in [1.29, 1.82) is 0 Å². The molecule has 0 radical (unpaired) electrons. The second-order valence-corrected chi connectivity index (χ2v) is 5.44. The van der Waals surface area contributed by atoms with Crippen LogP contribution in [0.25, 0.3) is 16.8 Å². The van der Waals surface area contributed by atoms with Crippen LogP contribution in [0.4, 0.5) is 0 Å². The van der Waals surface area contributed by atoms with Gasteiger partial charge in [0.1, 0.15) is 0 Å². The van der Waals surface area contributed by atoms with Crippen LogP contribution < -0.4 is 11.1 Å². The van der Waals surface area contributed by atoms with Crippen molar-refractivity contribution >= 4 is 17.3 Å². The molecule has 3 N–H and O–H groups in total. The van der Waals surface area contributed by atoms with Crippen molar-refractivity contribution in [3.05, 3.63) is 65.2 Å². The number of benzene rings is 2. The number of hydrogen-bond donors (Lipinski definition) is 2. The lowest BCUT2D eigenvalue weighted by molar-refractivity contribution is 0.185. The molecule has 0 saturated heterocycles. The fourth-order valence-corrected chi connectivity index (χ4v) is 2.42. The minimum atomic E-state index is 0.538. The van der Waals surface area contributed by atoms with Crippen LogP contribution in [0.1, 0.15) is 11.1 Å². The summed E-state index contributed by atoms with van der Waals surface area (Å²) in [5.41, 5.74) is 10.8. The minimum Gasteiger partial charge on any atom is -0.384 e. The van der Waals surface area contributed by atoms with Crippen LogP contribution in [0, 0.1) is 0 Å². The second-order valence-electron chi connectivity index (χ2n) is 5.01. The van der Waals surface area contributed by atoms with Crippen LogP contribution in [0.3, 0.4) is 0 Å². The third kappa shape index (κ3) is 4.10. The van der Waals surface area contributed by atoms with Gasteiger partial charge >= 0.3 is 0 Å². The molecule has 22 heavy (non-hydrogen) atoms. The lowest BCUT2D eigenvalue weighted by Crippen LogP contribution is -2.20. The van der Waals surface area contributed by atoms with Gasteiger partial charge in [-0.1, -0.05) is 42.4 Å². The first-order chi connectivity index (χ1) is 10.7. The van der Waals surface area contributed by atoms with Crippen molar-refractivity contribution in [1.82, 2.24) is 5.32 Å². The van der Waals surface area contributed by atoms with Crippen LogP contribution in [0.2, 0.25) is 5.02 Å². The molecular weight excluding hydrogens is 296 g/mol. The lowest BCUT2D eigenvalue weighted by atomic mass is 9.97. The van der Waals surface area contributed by atoms with Gasteiger partial charge in [0.15, 0.2) is 0 Å². The summed E-state index contributed by atoms with van der Waals surface area (Å²) in [5, 5.41) is 3.94. The van der Waals surface area contributed by atoms with Gasteiger partial charge in [-0.25, -0.2) is 0 Å². The number of nitrogens with two attached hydrogens (primary N) is 1. The fourth-order valence-electron chi connectivity index (χ4n) is 2.29. The monoisotopic (exact) mass is 316 g/mol. The predicted octanol–water partition coefficient (Wildman–Crippen LogP) is 3.67. The molecule has 116 valence electrons. The topological polar surface area (TPSA) is 47.3 Å². The van der Waals surface area contributed by atoms with E-state index in [2.05, 4.69) is 30.1 Å². The van der Waals surface area contributed by atoms with Crippen LogP contribution >= 0.6 is 11.6 Å². The first-order valence-electron chi connectivity index (χ1n) is 7.16. The molecule has 0 amide bonds. The van der Waals surface area contributed by atoms with Crippen LogP contribution in [-0.4, -0.2) is 20.2 Å². The van der Waals surface area contributed by atoms with Gasteiger partial charge in [0, 0.05) is 30.9 Å². The van der Waals surface area contributed by atoms with E-state index < -0.39 is 0 Å². The second kappa shape index (κ2) is 7.99. The predicted molar refractivity (Wildman–Crippen MR) is 93.7 cm³/mol. The van der Waals surface area contributed by atoms with E-state index in [9.17, 15) is 0 Å². The van der Waals surface area contributed by atoms with Gasteiger partial charge in [-0.2, -0.15) is 0 Å². The number of nitrogens with one attached hydrogen (secondary N) is 1. The Morgan fingerprint density at radius 2 is 1.95 bits per heavy atom. The van der Waals surface area contributed by atoms with Gasteiger partial charge in [-0.05, 0) is 40.5 Å². The fraction of sp³-hybridized carbons (Fsp3) is 0.222. The normalized spacial score (nSPS) is 10.5. The zero-order valence-corrected chi connectivity index (χ0v) is 13.5. The molecule has 0 heterocycles.